The van der Waals surface area contributed by atoms with Gasteiger partial charge >= 0.3 is 0 Å². The SMILES string of the molecule is CCCCCOc1ccc(C2C3=C(CCCC3=O)Nc3nc(SCCCC)nn32)cc1. The molecule has 1 N–H and O–H groups in total. The molecule has 1 aromatic heterocycles. The van der Waals surface area contributed by atoms with E-state index in [4.69, 9.17) is 14.8 Å². The molecule has 0 amide bonds. The Hall–Kier alpha value is -2.28. The number of thioether (sulfide) groups is 1. The quantitative estimate of drug-likeness (QED) is 0.374. The van der Waals surface area contributed by atoms with Gasteiger partial charge in [-0.2, -0.15) is 4.98 Å². The molecule has 6 nitrogen and oxygen atoms in total. The third kappa shape index (κ3) is 4.97. The molecule has 2 heterocycles. The summed E-state index contributed by atoms with van der Waals surface area (Å²) in [5.74, 6) is 2.81. The smallest absolute Gasteiger partial charge is 0.227 e. The fourth-order valence-corrected chi connectivity index (χ4v) is 5.01. The predicted octanol–water partition coefficient (Wildman–Crippen LogP) is 5.76. The molecule has 1 unspecified atom stereocenters. The van der Waals surface area contributed by atoms with Gasteiger partial charge in [0.15, 0.2) is 5.78 Å². The lowest BCUT2D eigenvalue weighted by molar-refractivity contribution is -0.116. The first kappa shape index (κ1) is 21.9. The summed E-state index contributed by atoms with van der Waals surface area (Å²) in [5.41, 5.74) is 2.89. The Bertz CT molecular complexity index is 936. The Labute approximate surface area is 188 Å². The van der Waals surface area contributed by atoms with Gasteiger partial charge in [0, 0.05) is 23.4 Å². The van der Waals surface area contributed by atoms with Gasteiger partial charge in [0.2, 0.25) is 11.1 Å². The molecule has 7 heteroatoms. The standard InChI is InChI=1S/C24H32N4O2S/c1-3-5-7-15-30-18-13-11-17(12-14-18)22-21-19(9-8-10-20(21)29)25-23-26-24(27-28(22)23)31-16-6-4-2/h11-14,22H,3-10,15-16H2,1-2H3,(H,25,26,27). The summed E-state index contributed by atoms with van der Waals surface area (Å²) >= 11 is 1.68. The molecule has 0 fully saturated rings. The monoisotopic (exact) mass is 440 g/mol. The van der Waals surface area contributed by atoms with Crippen LogP contribution in [0.3, 0.4) is 0 Å². The second-order valence-corrected chi connectivity index (χ2v) is 9.25. The number of nitrogens with zero attached hydrogens (tertiary/aromatic N) is 3. The summed E-state index contributed by atoms with van der Waals surface area (Å²) < 4.78 is 7.77. The van der Waals surface area contributed by atoms with Gasteiger partial charge in [0.1, 0.15) is 11.8 Å². The van der Waals surface area contributed by atoms with Crippen LogP contribution < -0.4 is 10.1 Å². The Balaban J connectivity index is 1.61. The van der Waals surface area contributed by atoms with E-state index in [1.807, 2.05) is 16.8 Å². The molecular formula is C24H32N4O2S. The van der Waals surface area contributed by atoms with Crippen LogP contribution in [-0.4, -0.2) is 32.9 Å². The zero-order chi connectivity index (χ0) is 21.6. The zero-order valence-electron chi connectivity index (χ0n) is 18.5. The summed E-state index contributed by atoms with van der Waals surface area (Å²) in [6.07, 6.45) is 8.07. The lowest BCUT2D eigenvalue weighted by atomic mass is 9.85. The van der Waals surface area contributed by atoms with E-state index in [2.05, 4.69) is 31.3 Å². The number of aromatic nitrogens is 3. The number of hydrogen-bond acceptors (Lipinski definition) is 6. The fourth-order valence-electron chi connectivity index (χ4n) is 4.10. The molecule has 1 aliphatic carbocycles. The average Bonchev–Trinajstić information content (AvgIpc) is 3.18. The third-order valence-corrected chi connectivity index (χ3v) is 6.71. The van der Waals surface area contributed by atoms with Crippen molar-refractivity contribution in [3.8, 4) is 5.75 Å². The van der Waals surface area contributed by atoms with Crippen molar-refractivity contribution in [3.05, 3.63) is 41.1 Å². The molecule has 0 radical (unpaired) electrons. The Kier molecular flexibility index (Phi) is 7.33. The second-order valence-electron chi connectivity index (χ2n) is 8.19. The van der Waals surface area contributed by atoms with Crippen LogP contribution in [0.5, 0.6) is 5.75 Å². The normalized spacial score (nSPS) is 17.9. The van der Waals surface area contributed by atoms with Gasteiger partial charge < -0.3 is 10.1 Å². The highest BCUT2D eigenvalue weighted by Crippen LogP contribution is 2.40. The lowest BCUT2D eigenvalue weighted by Gasteiger charge is -2.32. The molecule has 1 atom stereocenters. The van der Waals surface area contributed by atoms with Crippen molar-refractivity contribution in [1.29, 1.82) is 0 Å². The van der Waals surface area contributed by atoms with Gasteiger partial charge in [0.25, 0.3) is 0 Å². The largest absolute Gasteiger partial charge is 0.494 e. The van der Waals surface area contributed by atoms with Gasteiger partial charge in [-0.25, -0.2) is 4.68 Å². The number of ketones is 1. The number of benzene rings is 1. The minimum atomic E-state index is -0.235. The van der Waals surface area contributed by atoms with E-state index in [0.717, 1.165) is 78.2 Å². The van der Waals surface area contributed by atoms with Crippen molar-refractivity contribution in [3.63, 3.8) is 0 Å². The Morgan fingerprint density at radius 3 is 2.71 bits per heavy atom. The van der Waals surface area contributed by atoms with E-state index in [-0.39, 0.29) is 11.8 Å². The first-order valence-electron chi connectivity index (χ1n) is 11.6. The highest BCUT2D eigenvalue weighted by Gasteiger charge is 2.36. The molecule has 0 saturated carbocycles. The van der Waals surface area contributed by atoms with E-state index in [0.29, 0.717) is 6.42 Å². The van der Waals surface area contributed by atoms with Crippen LogP contribution >= 0.6 is 11.8 Å². The average molecular weight is 441 g/mol. The van der Waals surface area contributed by atoms with E-state index in [9.17, 15) is 4.79 Å². The van der Waals surface area contributed by atoms with Crippen molar-refractivity contribution in [2.45, 2.75) is 76.4 Å². The first-order valence-corrected chi connectivity index (χ1v) is 12.5. The van der Waals surface area contributed by atoms with Crippen LogP contribution in [0.4, 0.5) is 5.95 Å². The molecule has 1 aliphatic heterocycles. The fraction of sp³-hybridized carbons (Fsp3) is 0.542. The Morgan fingerprint density at radius 2 is 1.94 bits per heavy atom. The summed E-state index contributed by atoms with van der Waals surface area (Å²) in [6, 6.07) is 7.90. The maximum Gasteiger partial charge on any atom is 0.227 e. The van der Waals surface area contributed by atoms with E-state index in [1.165, 1.54) is 12.8 Å². The highest BCUT2D eigenvalue weighted by atomic mass is 32.2. The maximum absolute atomic E-state index is 12.9. The van der Waals surface area contributed by atoms with Crippen molar-refractivity contribution in [2.24, 2.45) is 0 Å². The van der Waals surface area contributed by atoms with Crippen LogP contribution in [0, 0.1) is 0 Å². The number of unbranched alkanes of at least 4 members (excludes halogenated alkanes) is 3. The minimum absolute atomic E-state index is 0.208. The number of anilines is 1. The van der Waals surface area contributed by atoms with Gasteiger partial charge in [-0.1, -0.05) is 57.0 Å². The number of carbonyl (C=O) groups is 1. The summed E-state index contributed by atoms with van der Waals surface area (Å²) in [6.45, 7) is 5.11. The third-order valence-electron chi connectivity index (χ3n) is 5.79. The summed E-state index contributed by atoms with van der Waals surface area (Å²) in [7, 11) is 0. The van der Waals surface area contributed by atoms with Gasteiger partial charge in [0.05, 0.1) is 6.61 Å². The predicted molar refractivity (Wildman–Crippen MR) is 125 cm³/mol. The number of nitrogens with one attached hydrogen (secondary N) is 1. The molecule has 0 bridgehead atoms. The molecule has 0 spiro atoms. The first-order chi connectivity index (χ1) is 15.2. The van der Waals surface area contributed by atoms with Crippen molar-refractivity contribution in [1.82, 2.24) is 14.8 Å². The minimum Gasteiger partial charge on any atom is -0.494 e. The van der Waals surface area contributed by atoms with Crippen LogP contribution in [0.2, 0.25) is 0 Å². The number of Topliss-reactive ketones (excluding diaryl/α,β-unsaturated/α-hetero) is 1. The van der Waals surface area contributed by atoms with Crippen LogP contribution in [0.15, 0.2) is 40.7 Å². The molecule has 31 heavy (non-hydrogen) atoms. The summed E-state index contributed by atoms with van der Waals surface area (Å²) in [4.78, 5) is 17.6. The second kappa shape index (κ2) is 10.4. The van der Waals surface area contributed by atoms with Crippen LogP contribution in [0.1, 0.15) is 76.8 Å². The van der Waals surface area contributed by atoms with Crippen LogP contribution in [0.25, 0.3) is 0 Å². The van der Waals surface area contributed by atoms with Gasteiger partial charge in [-0.3, -0.25) is 4.79 Å². The molecule has 4 rings (SSSR count). The number of fused-ring (bicyclic) bond motifs is 1. The number of ether oxygens (including phenoxy) is 1. The molecule has 166 valence electrons. The number of allylic oxidation sites excluding steroid dienone is 2. The van der Waals surface area contributed by atoms with E-state index in [1.54, 1.807) is 11.8 Å². The van der Waals surface area contributed by atoms with Crippen LogP contribution in [-0.2, 0) is 4.79 Å². The zero-order valence-corrected chi connectivity index (χ0v) is 19.3. The van der Waals surface area contributed by atoms with Crippen molar-refractivity contribution in [2.75, 3.05) is 17.7 Å². The molecule has 2 aliphatic rings. The molecular weight excluding hydrogens is 408 g/mol. The molecule has 2 aromatic rings. The Morgan fingerprint density at radius 1 is 1.13 bits per heavy atom. The highest BCUT2D eigenvalue weighted by molar-refractivity contribution is 7.99. The number of carbonyl (C=O) groups excluding carboxylic acids is 1. The molecule has 1 aromatic carbocycles. The number of rotatable bonds is 10. The topological polar surface area (TPSA) is 69.0 Å². The molecule has 0 saturated heterocycles. The lowest BCUT2D eigenvalue weighted by Crippen LogP contribution is -2.31. The number of hydrogen-bond donors (Lipinski definition) is 1. The van der Waals surface area contributed by atoms with E-state index < -0.39 is 0 Å². The van der Waals surface area contributed by atoms with Gasteiger partial charge in [-0.15, -0.1) is 5.10 Å². The maximum atomic E-state index is 12.9. The van der Waals surface area contributed by atoms with Crippen molar-refractivity contribution >= 4 is 23.5 Å². The van der Waals surface area contributed by atoms with Crippen molar-refractivity contribution < 1.29 is 9.53 Å². The van der Waals surface area contributed by atoms with Gasteiger partial charge in [-0.05, 0) is 43.4 Å². The summed E-state index contributed by atoms with van der Waals surface area (Å²) in [5, 5.41) is 8.96. The van der Waals surface area contributed by atoms with E-state index >= 15 is 0 Å².